The van der Waals surface area contributed by atoms with Crippen molar-refractivity contribution >= 4 is 5.97 Å². The number of rotatable bonds is 5. The van der Waals surface area contributed by atoms with Crippen molar-refractivity contribution in [1.82, 2.24) is 0 Å². The number of hydrogen-bond acceptors (Lipinski definition) is 3. The first-order valence-corrected chi connectivity index (χ1v) is 4.82. The van der Waals surface area contributed by atoms with Crippen LogP contribution in [0, 0.1) is 0 Å². The van der Waals surface area contributed by atoms with Crippen LogP contribution >= 0.6 is 0 Å². The second-order valence-corrected chi connectivity index (χ2v) is 4.20. The van der Waals surface area contributed by atoms with Gasteiger partial charge < -0.3 is 9.47 Å². The van der Waals surface area contributed by atoms with Gasteiger partial charge in [0.05, 0.1) is 12.2 Å². The Morgan fingerprint density at radius 1 is 1.50 bits per heavy atom. The maximum atomic E-state index is 10.8. The minimum atomic E-state index is -0.381. The Morgan fingerprint density at radius 3 is 2.50 bits per heavy atom. The third-order valence-electron chi connectivity index (χ3n) is 1.54. The summed E-state index contributed by atoms with van der Waals surface area (Å²) in [6.07, 6.45) is 1.75. The zero-order valence-corrected chi connectivity index (χ0v) is 9.50. The van der Waals surface area contributed by atoms with E-state index in [4.69, 9.17) is 9.47 Å². The van der Waals surface area contributed by atoms with Gasteiger partial charge in [0.25, 0.3) is 0 Å². The molecule has 0 bridgehead atoms. The van der Waals surface area contributed by atoms with Crippen molar-refractivity contribution < 1.29 is 14.3 Å². The summed E-state index contributed by atoms with van der Waals surface area (Å²) < 4.78 is 10.5. The molecule has 0 spiro atoms. The standard InChI is InChI=1S/C11H20O3/c1-6-10(12)14-9(2)7-8-13-11(3,4)5/h6,9H,1,7-8H2,2-5H3. The fourth-order valence-electron chi connectivity index (χ4n) is 0.836. The van der Waals surface area contributed by atoms with E-state index < -0.39 is 0 Å². The molecule has 0 radical (unpaired) electrons. The molecule has 0 N–H and O–H groups in total. The van der Waals surface area contributed by atoms with Crippen molar-refractivity contribution in [2.45, 2.75) is 45.8 Å². The van der Waals surface area contributed by atoms with Gasteiger partial charge in [-0.2, -0.15) is 0 Å². The van der Waals surface area contributed by atoms with Crippen LogP contribution in [0.2, 0.25) is 0 Å². The Bertz CT molecular complexity index is 191. The quantitative estimate of drug-likeness (QED) is 0.504. The summed E-state index contributed by atoms with van der Waals surface area (Å²) in [6, 6.07) is 0. The van der Waals surface area contributed by atoms with Gasteiger partial charge in [-0.05, 0) is 27.7 Å². The molecule has 0 aliphatic rings. The van der Waals surface area contributed by atoms with Gasteiger partial charge in [-0.1, -0.05) is 6.58 Å². The van der Waals surface area contributed by atoms with E-state index >= 15 is 0 Å². The van der Waals surface area contributed by atoms with E-state index in [1.807, 2.05) is 27.7 Å². The van der Waals surface area contributed by atoms with E-state index in [2.05, 4.69) is 6.58 Å². The molecule has 82 valence electrons. The maximum absolute atomic E-state index is 10.8. The van der Waals surface area contributed by atoms with E-state index in [9.17, 15) is 4.79 Å². The molecule has 0 aromatic heterocycles. The average Bonchev–Trinajstić information content (AvgIpc) is 2.01. The lowest BCUT2D eigenvalue weighted by molar-refractivity contribution is -0.143. The largest absolute Gasteiger partial charge is 0.459 e. The summed E-state index contributed by atoms with van der Waals surface area (Å²) >= 11 is 0. The Kier molecular flexibility index (Phi) is 5.46. The van der Waals surface area contributed by atoms with Crippen LogP contribution in [0.5, 0.6) is 0 Å². The highest BCUT2D eigenvalue weighted by atomic mass is 16.5. The zero-order valence-electron chi connectivity index (χ0n) is 9.50. The van der Waals surface area contributed by atoms with Crippen molar-refractivity contribution in [1.29, 1.82) is 0 Å². The molecule has 0 saturated carbocycles. The lowest BCUT2D eigenvalue weighted by Gasteiger charge is -2.20. The lowest BCUT2D eigenvalue weighted by atomic mass is 10.2. The molecule has 3 heteroatoms. The van der Waals surface area contributed by atoms with Crippen LogP contribution in [-0.4, -0.2) is 24.3 Å². The van der Waals surface area contributed by atoms with E-state index in [1.54, 1.807) is 0 Å². The predicted octanol–water partition coefficient (Wildman–Crippen LogP) is 2.31. The van der Waals surface area contributed by atoms with Gasteiger partial charge in [0.1, 0.15) is 6.10 Å². The smallest absolute Gasteiger partial charge is 0.330 e. The van der Waals surface area contributed by atoms with Crippen LogP contribution in [0.25, 0.3) is 0 Å². The Morgan fingerprint density at radius 2 is 2.07 bits per heavy atom. The molecule has 0 heterocycles. The molecule has 0 rings (SSSR count). The van der Waals surface area contributed by atoms with Gasteiger partial charge in [0.15, 0.2) is 0 Å². The van der Waals surface area contributed by atoms with E-state index in [-0.39, 0.29) is 17.7 Å². The number of carbonyl (C=O) groups is 1. The lowest BCUT2D eigenvalue weighted by Crippen LogP contribution is -2.23. The summed E-state index contributed by atoms with van der Waals surface area (Å²) in [6.45, 7) is 11.7. The molecule has 0 aliphatic heterocycles. The first kappa shape index (κ1) is 13.2. The fourth-order valence-corrected chi connectivity index (χ4v) is 0.836. The zero-order chi connectivity index (χ0) is 11.2. The molecule has 0 aromatic carbocycles. The number of hydrogen-bond donors (Lipinski definition) is 0. The molecule has 0 fully saturated rings. The average molecular weight is 200 g/mol. The highest BCUT2D eigenvalue weighted by Crippen LogP contribution is 2.08. The van der Waals surface area contributed by atoms with E-state index in [1.165, 1.54) is 6.08 Å². The summed E-state index contributed by atoms with van der Waals surface area (Å²) in [4.78, 5) is 10.8. The van der Waals surface area contributed by atoms with Crippen LogP contribution in [0.1, 0.15) is 34.1 Å². The highest BCUT2D eigenvalue weighted by Gasteiger charge is 2.12. The minimum absolute atomic E-state index is 0.122. The first-order chi connectivity index (χ1) is 6.35. The van der Waals surface area contributed by atoms with Gasteiger partial charge in [-0.3, -0.25) is 0 Å². The monoisotopic (exact) mass is 200 g/mol. The maximum Gasteiger partial charge on any atom is 0.330 e. The van der Waals surface area contributed by atoms with Gasteiger partial charge in [-0.25, -0.2) is 4.79 Å². The van der Waals surface area contributed by atoms with Gasteiger partial charge in [0, 0.05) is 12.5 Å². The third kappa shape index (κ3) is 7.80. The molecule has 1 atom stereocenters. The molecule has 0 aromatic rings. The summed E-state index contributed by atoms with van der Waals surface area (Å²) in [5, 5.41) is 0. The summed E-state index contributed by atoms with van der Waals surface area (Å²) in [5.41, 5.74) is -0.137. The summed E-state index contributed by atoms with van der Waals surface area (Å²) in [5.74, 6) is -0.381. The van der Waals surface area contributed by atoms with Crippen LogP contribution in [0.15, 0.2) is 12.7 Å². The SMILES string of the molecule is C=CC(=O)OC(C)CCOC(C)(C)C. The normalized spacial score (nSPS) is 13.4. The molecule has 14 heavy (non-hydrogen) atoms. The highest BCUT2D eigenvalue weighted by molar-refractivity contribution is 5.81. The second kappa shape index (κ2) is 5.81. The molecule has 0 saturated heterocycles. The van der Waals surface area contributed by atoms with Crippen LogP contribution < -0.4 is 0 Å². The molecule has 3 nitrogen and oxygen atoms in total. The molecule has 0 aliphatic carbocycles. The van der Waals surface area contributed by atoms with Gasteiger partial charge in [-0.15, -0.1) is 0 Å². The van der Waals surface area contributed by atoms with Gasteiger partial charge >= 0.3 is 5.97 Å². The van der Waals surface area contributed by atoms with E-state index in [0.29, 0.717) is 13.0 Å². The molecular formula is C11H20O3. The third-order valence-corrected chi connectivity index (χ3v) is 1.54. The van der Waals surface area contributed by atoms with Crippen LogP contribution in [0.3, 0.4) is 0 Å². The topological polar surface area (TPSA) is 35.5 Å². The summed E-state index contributed by atoms with van der Waals surface area (Å²) in [7, 11) is 0. The van der Waals surface area contributed by atoms with Crippen molar-refractivity contribution in [3.63, 3.8) is 0 Å². The number of esters is 1. The number of carbonyl (C=O) groups excluding carboxylic acids is 1. The first-order valence-electron chi connectivity index (χ1n) is 4.82. The fraction of sp³-hybridized carbons (Fsp3) is 0.727. The van der Waals surface area contributed by atoms with Crippen molar-refractivity contribution in [2.75, 3.05) is 6.61 Å². The molecule has 0 amide bonds. The van der Waals surface area contributed by atoms with Crippen molar-refractivity contribution in [3.05, 3.63) is 12.7 Å². The molecule has 1 unspecified atom stereocenters. The Balaban J connectivity index is 3.59. The Hall–Kier alpha value is -0.830. The van der Waals surface area contributed by atoms with Crippen molar-refractivity contribution in [3.8, 4) is 0 Å². The second-order valence-electron chi connectivity index (χ2n) is 4.20. The van der Waals surface area contributed by atoms with Gasteiger partial charge in [0.2, 0.25) is 0 Å². The van der Waals surface area contributed by atoms with Crippen molar-refractivity contribution in [2.24, 2.45) is 0 Å². The van der Waals surface area contributed by atoms with Crippen LogP contribution in [-0.2, 0) is 14.3 Å². The Labute approximate surface area is 86.1 Å². The van der Waals surface area contributed by atoms with Crippen LogP contribution in [0.4, 0.5) is 0 Å². The minimum Gasteiger partial charge on any atom is -0.459 e. The predicted molar refractivity (Wildman–Crippen MR) is 56.1 cm³/mol. The van der Waals surface area contributed by atoms with E-state index in [0.717, 1.165) is 0 Å². The number of ether oxygens (including phenoxy) is 2. The molecular weight excluding hydrogens is 180 g/mol.